The van der Waals surface area contributed by atoms with Crippen molar-refractivity contribution in [2.75, 3.05) is 0 Å². The molecule has 1 aliphatic carbocycles. The molecular weight excluding hydrogens is 750 g/mol. The fourth-order valence-electron chi connectivity index (χ4n) is 6.79. The number of aryl methyl sites for hydroxylation is 1. The first kappa shape index (κ1) is 28.2. The van der Waals surface area contributed by atoms with E-state index in [0.717, 1.165) is 56.0 Å². The van der Waals surface area contributed by atoms with Gasteiger partial charge in [-0.15, -0.1) is 59.3 Å². The smallest absolute Gasteiger partial charge is 0.346 e. The topological polar surface area (TPSA) is 30.2 Å². The molecule has 0 spiro atoms. The third-order valence-electron chi connectivity index (χ3n) is 8.87. The SMILES string of the molecule is Cc1ccnc(-c2[c-]c3c(cc2)c2ccccc2n3-c2[c-]c(C3=N[C@@H]4Cc5ccccc5[C@@H]4S3)cc(-c3ccccc3)c2)c1.[Pt+2]. The molecule has 0 amide bonds. The monoisotopic (exact) mass is 776 g/mol. The minimum atomic E-state index is 0. The van der Waals surface area contributed by atoms with Gasteiger partial charge in [0.1, 0.15) is 0 Å². The minimum absolute atomic E-state index is 0. The number of pyridine rings is 1. The predicted octanol–water partition coefficient (Wildman–Crippen LogP) is 9.58. The summed E-state index contributed by atoms with van der Waals surface area (Å²) in [6, 6.07) is 48.9. The minimum Gasteiger partial charge on any atom is -0.346 e. The van der Waals surface area contributed by atoms with Gasteiger partial charge in [-0.1, -0.05) is 95.4 Å². The molecule has 2 aromatic heterocycles. The molecule has 7 aromatic rings. The zero-order valence-corrected chi connectivity index (χ0v) is 27.6. The molecule has 1 aliphatic heterocycles. The molecule has 5 aromatic carbocycles. The Bertz CT molecular complexity index is 2270. The number of rotatable bonds is 4. The number of fused-ring (bicyclic) bond motifs is 6. The van der Waals surface area contributed by atoms with Crippen molar-refractivity contribution in [1.82, 2.24) is 9.55 Å². The van der Waals surface area contributed by atoms with Crippen LogP contribution in [0, 0.1) is 19.1 Å². The van der Waals surface area contributed by atoms with Gasteiger partial charge in [0.05, 0.1) is 6.04 Å². The van der Waals surface area contributed by atoms with Crippen molar-refractivity contribution < 1.29 is 21.1 Å². The van der Waals surface area contributed by atoms with Crippen LogP contribution in [0.1, 0.15) is 27.5 Å². The molecule has 3 heterocycles. The van der Waals surface area contributed by atoms with E-state index in [4.69, 9.17) is 4.99 Å². The average molecular weight is 777 g/mol. The van der Waals surface area contributed by atoms with E-state index in [1.54, 1.807) is 0 Å². The standard InChI is InChI=1S/C40H27N3S.Pt/c1-25-17-18-41-35(19-25)28-15-16-34-33-13-7-8-14-37(33)43(38(34)24-28)31-21-29(26-9-3-2-4-10-26)20-30(22-31)40-42-36-23-27-11-5-6-12-32(27)39(36)44-40;/h2-21,36,39H,23H2,1H3;/q-2;+2/t36-,39+;/m1./s1. The Morgan fingerprint density at radius 3 is 2.47 bits per heavy atom. The predicted molar refractivity (Wildman–Crippen MR) is 183 cm³/mol. The van der Waals surface area contributed by atoms with Gasteiger partial charge in [-0.05, 0) is 64.5 Å². The first-order valence-electron chi connectivity index (χ1n) is 15.0. The molecule has 2 atom stereocenters. The molecule has 0 N–H and O–H groups in total. The van der Waals surface area contributed by atoms with Gasteiger partial charge in [-0.3, -0.25) is 0 Å². The van der Waals surface area contributed by atoms with E-state index in [1.807, 2.05) is 24.0 Å². The van der Waals surface area contributed by atoms with Crippen LogP contribution in [-0.2, 0) is 27.5 Å². The van der Waals surface area contributed by atoms with Crippen LogP contribution in [-0.4, -0.2) is 20.6 Å². The van der Waals surface area contributed by atoms with Crippen molar-refractivity contribution in [2.45, 2.75) is 24.6 Å². The Morgan fingerprint density at radius 1 is 0.756 bits per heavy atom. The summed E-state index contributed by atoms with van der Waals surface area (Å²) in [5, 5.41) is 3.80. The molecular formula is C40H27N3PtS. The molecule has 2 aliphatic rings. The van der Waals surface area contributed by atoms with Gasteiger partial charge in [-0.25, -0.2) is 0 Å². The summed E-state index contributed by atoms with van der Waals surface area (Å²) in [5.74, 6) is 0. The van der Waals surface area contributed by atoms with Gasteiger partial charge in [0.2, 0.25) is 0 Å². The number of aliphatic imine (C=N–C) groups is 1. The number of thioether (sulfide) groups is 1. The molecule has 0 fully saturated rings. The van der Waals surface area contributed by atoms with Gasteiger partial charge >= 0.3 is 21.1 Å². The van der Waals surface area contributed by atoms with E-state index in [-0.39, 0.29) is 27.1 Å². The average Bonchev–Trinajstić information content (AvgIpc) is 3.74. The molecule has 3 nitrogen and oxygen atoms in total. The Hall–Kier alpha value is -4.24. The van der Waals surface area contributed by atoms with E-state index in [0.29, 0.717) is 5.25 Å². The summed E-state index contributed by atoms with van der Waals surface area (Å²) >= 11 is 1.89. The number of hydrogen-bond donors (Lipinski definition) is 0. The van der Waals surface area contributed by atoms with Gasteiger partial charge in [0.15, 0.2) is 0 Å². The second-order valence-electron chi connectivity index (χ2n) is 11.7. The van der Waals surface area contributed by atoms with Crippen molar-refractivity contribution in [1.29, 1.82) is 0 Å². The van der Waals surface area contributed by atoms with Gasteiger partial charge in [0, 0.05) is 22.0 Å². The zero-order valence-electron chi connectivity index (χ0n) is 24.5. The second kappa shape index (κ2) is 11.3. The van der Waals surface area contributed by atoms with E-state index in [1.165, 1.54) is 27.6 Å². The first-order valence-corrected chi connectivity index (χ1v) is 15.9. The van der Waals surface area contributed by atoms with Crippen molar-refractivity contribution >= 4 is 38.6 Å². The van der Waals surface area contributed by atoms with E-state index in [9.17, 15) is 0 Å². The molecule has 0 radical (unpaired) electrons. The molecule has 0 saturated carbocycles. The first-order chi connectivity index (χ1) is 21.7. The molecule has 5 heteroatoms. The largest absolute Gasteiger partial charge is 2.00 e. The van der Waals surface area contributed by atoms with Crippen LogP contribution in [0.4, 0.5) is 0 Å². The Balaban J connectivity index is 0.00000300. The molecule has 0 unspecified atom stereocenters. The maximum atomic E-state index is 5.30. The fourth-order valence-corrected chi connectivity index (χ4v) is 8.14. The number of aromatic nitrogens is 2. The van der Waals surface area contributed by atoms with Crippen LogP contribution in [0.2, 0.25) is 0 Å². The molecule has 218 valence electrons. The van der Waals surface area contributed by atoms with Crippen LogP contribution < -0.4 is 0 Å². The molecule has 45 heavy (non-hydrogen) atoms. The Labute approximate surface area is 281 Å². The van der Waals surface area contributed by atoms with Crippen LogP contribution in [0.15, 0.2) is 126 Å². The van der Waals surface area contributed by atoms with E-state index >= 15 is 0 Å². The van der Waals surface area contributed by atoms with Crippen LogP contribution in [0.3, 0.4) is 0 Å². The van der Waals surface area contributed by atoms with Crippen molar-refractivity contribution in [3.63, 3.8) is 0 Å². The van der Waals surface area contributed by atoms with Crippen molar-refractivity contribution in [2.24, 2.45) is 4.99 Å². The number of hydrogen-bond acceptors (Lipinski definition) is 3. The van der Waals surface area contributed by atoms with Crippen LogP contribution in [0.5, 0.6) is 0 Å². The zero-order chi connectivity index (χ0) is 29.2. The van der Waals surface area contributed by atoms with Crippen molar-refractivity contribution in [3.05, 3.63) is 156 Å². The number of nitrogens with zero attached hydrogens (tertiary/aromatic N) is 3. The summed E-state index contributed by atoms with van der Waals surface area (Å²) in [6.07, 6.45) is 2.87. The number of benzene rings is 5. The maximum absolute atomic E-state index is 5.30. The third-order valence-corrected chi connectivity index (χ3v) is 10.2. The summed E-state index contributed by atoms with van der Waals surface area (Å²) in [4.78, 5) is 9.97. The van der Waals surface area contributed by atoms with Gasteiger partial charge < -0.3 is 14.5 Å². The Kier molecular flexibility index (Phi) is 7.08. The normalized spacial score (nSPS) is 16.8. The van der Waals surface area contributed by atoms with Gasteiger partial charge in [-0.2, -0.15) is 0 Å². The maximum Gasteiger partial charge on any atom is 2.00 e. The fraction of sp³-hybridized carbons (Fsp3) is 0.100. The summed E-state index contributed by atoms with van der Waals surface area (Å²) in [7, 11) is 0. The van der Waals surface area contributed by atoms with Crippen molar-refractivity contribution in [3.8, 4) is 28.1 Å². The van der Waals surface area contributed by atoms with Crippen LogP contribution in [0.25, 0.3) is 49.9 Å². The van der Waals surface area contributed by atoms with Gasteiger partial charge in [0.25, 0.3) is 0 Å². The summed E-state index contributed by atoms with van der Waals surface area (Å²) in [5.41, 5.74) is 12.4. The summed E-state index contributed by atoms with van der Waals surface area (Å²) in [6.45, 7) is 2.10. The third kappa shape index (κ3) is 4.79. The Morgan fingerprint density at radius 2 is 1.58 bits per heavy atom. The quantitative estimate of drug-likeness (QED) is 0.167. The van der Waals surface area contributed by atoms with Crippen LogP contribution >= 0.6 is 11.8 Å². The molecule has 0 bridgehead atoms. The molecule has 9 rings (SSSR count). The second-order valence-corrected chi connectivity index (χ2v) is 12.8. The van der Waals surface area contributed by atoms with E-state index < -0.39 is 0 Å². The molecule has 0 saturated heterocycles. The summed E-state index contributed by atoms with van der Waals surface area (Å²) < 4.78 is 2.32. The number of para-hydroxylation sites is 1. The van der Waals surface area contributed by atoms with E-state index in [2.05, 4.69) is 138 Å².